The van der Waals surface area contributed by atoms with Crippen molar-refractivity contribution in [2.75, 3.05) is 99.6 Å². The molecule has 0 amide bonds. The van der Waals surface area contributed by atoms with E-state index in [2.05, 4.69) is 0 Å². The molecule has 0 aliphatic carbocycles. The van der Waals surface area contributed by atoms with Gasteiger partial charge in [-0.15, -0.1) is 0 Å². The summed E-state index contributed by atoms with van der Waals surface area (Å²) in [6, 6.07) is 0. The molecule has 68 heavy (non-hydrogen) atoms. The second kappa shape index (κ2) is 27.9. The van der Waals surface area contributed by atoms with Crippen LogP contribution in [0.4, 0.5) is 0 Å². The third-order valence-corrected chi connectivity index (χ3v) is 14.3. The minimum atomic E-state index is -1.54. The second-order valence-electron chi connectivity index (χ2n) is 18.6. The van der Waals surface area contributed by atoms with Gasteiger partial charge in [0.05, 0.1) is 166 Å². The van der Waals surface area contributed by atoms with Gasteiger partial charge in [0.2, 0.25) is 0 Å². The van der Waals surface area contributed by atoms with Gasteiger partial charge in [-0.05, 0) is 6.42 Å². The molecule has 25 heteroatoms. The van der Waals surface area contributed by atoms with E-state index in [1.165, 1.54) is 7.11 Å². The zero-order valence-corrected chi connectivity index (χ0v) is 38.5. The molecule has 5 aliphatic rings. The lowest BCUT2D eigenvalue weighted by molar-refractivity contribution is -0.246. The molecule has 0 aromatic rings. The SMILES string of the molecule is CC[C@@H]1C(CO)O[C@H](COC[C@@H]2C(CO)O[C@H](COC[C@@H]3C(CO)OCC(OC[C@@H]4C(CO)O[C@H](COC[C@@H]5C(CO)O[C@H](COC)C(O)C5O)C(O)C4O)CC(O)C3O)C(O)C2O)C(O)C1O. The molecule has 16 unspecified atom stereocenters. The van der Waals surface area contributed by atoms with E-state index in [0.29, 0.717) is 6.42 Å². The fraction of sp³-hybridized carbons (Fsp3) is 1.00. The fourth-order valence-electron chi connectivity index (χ4n) is 10.0. The van der Waals surface area contributed by atoms with Gasteiger partial charge in [0.25, 0.3) is 0 Å². The molecule has 5 heterocycles. The van der Waals surface area contributed by atoms with E-state index in [4.69, 9.17) is 47.4 Å². The highest BCUT2D eigenvalue weighted by Crippen LogP contribution is 2.33. The number of hydrogen-bond acceptors (Lipinski definition) is 25. The van der Waals surface area contributed by atoms with Crippen molar-refractivity contribution >= 4 is 0 Å². The first-order valence-corrected chi connectivity index (χ1v) is 23.5. The lowest BCUT2D eigenvalue weighted by Crippen LogP contribution is -2.59. The Hall–Kier alpha value is -1.00. The van der Waals surface area contributed by atoms with Gasteiger partial charge < -0.3 is 124 Å². The summed E-state index contributed by atoms with van der Waals surface area (Å²) in [6.45, 7) is -3.10. The topological polar surface area (TPSA) is 396 Å². The Labute approximate surface area is 394 Å². The third-order valence-electron chi connectivity index (χ3n) is 14.3. The molecule has 400 valence electrons. The first-order valence-electron chi connectivity index (χ1n) is 23.5. The molecule has 0 spiro atoms. The van der Waals surface area contributed by atoms with Crippen LogP contribution in [0.2, 0.25) is 0 Å². The normalized spacial score (nSPS) is 46.3. The molecule has 25 atom stereocenters. The maximum Gasteiger partial charge on any atom is 0.110 e. The van der Waals surface area contributed by atoms with E-state index >= 15 is 0 Å². The summed E-state index contributed by atoms with van der Waals surface area (Å²) in [5.74, 6) is -4.30. The van der Waals surface area contributed by atoms with Crippen molar-refractivity contribution in [3.63, 3.8) is 0 Å². The maximum atomic E-state index is 11.2. The van der Waals surface area contributed by atoms with Gasteiger partial charge in [-0.1, -0.05) is 6.92 Å². The Morgan fingerprint density at radius 3 is 1.09 bits per heavy atom. The first-order chi connectivity index (χ1) is 32.6. The summed E-state index contributed by atoms with van der Waals surface area (Å²) in [7, 11) is 1.40. The molecule has 0 aromatic heterocycles. The van der Waals surface area contributed by atoms with Crippen LogP contribution >= 0.6 is 0 Å². The van der Waals surface area contributed by atoms with Gasteiger partial charge >= 0.3 is 0 Å². The van der Waals surface area contributed by atoms with Crippen LogP contribution in [0, 0.1) is 29.6 Å². The predicted molar refractivity (Wildman–Crippen MR) is 226 cm³/mol. The molecule has 0 aromatic carbocycles. The molecule has 0 bridgehead atoms. The van der Waals surface area contributed by atoms with Crippen molar-refractivity contribution in [1.82, 2.24) is 0 Å². The fourth-order valence-corrected chi connectivity index (χ4v) is 10.0. The molecule has 5 rings (SSSR count). The minimum absolute atomic E-state index is 0.0198. The molecule has 25 nitrogen and oxygen atoms in total. The highest BCUT2D eigenvalue weighted by Gasteiger charge is 2.49. The molecule has 0 radical (unpaired) electrons. The zero-order chi connectivity index (χ0) is 49.8. The number of methoxy groups -OCH3 is 1. The van der Waals surface area contributed by atoms with Crippen LogP contribution in [0.5, 0.6) is 0 Å². The Morgan fingerprint density at radius 1 is 0.382 bits per heavy atom. The number of ether oxygens (including phenoxy) is 10. The quantitative estimate of drug-likeness (QED) is 0.0452. The van der Waals surface area contributed by atoms with E-state index in [1.54, 1.807) is 6.92 Å². The molecule has 0 saturated carbocycles. The summed E-state index contributed by atoms with van der Waals surface area (Å²) >= 11 is 0. The van der Waals surface area contributed by atoms with Crippen LogP contribution in [0.25, 0.3) is 0 Å². The smallest absolute Gasteiger partial charge is 0.110 e. The summed E-state index contributed by atoms with van der Waals surface area (Å²) < 4.78 is 57.3. The number of aliphatic hydroxyl groups excluding tert-OH is 15. The van der Waals surface area contributed by atoms with Crippen LogP contribution in [0.3, 0.4) is 0 Å². The molecule has 5 saturated heterocycles. The van der Waals surface area contributed by atoms with Crippen LogP contribution in [0.1, 0.15) is 19.8 Å². The highest BCUT2D eigenvalue weighted by molar-refractivity contribution is 4.96. The number of rotatable bonds is 23. The minimum Gasteiger partial charge on any atom is -0.394 e. The lowest BCUT2D eigenvalue weighted by atomic mass is 9.85. The van der Waals surface area contributed by atoms with Crippen molar-refractivity contribution in [2.45, 2.75) is 142 Å². The monoisotopic (exact) mass is 994 g/mol. The standard InChI is InChI=1S/C43H78O25/c1-3-20-27(6-45)65-32(41(56)36(20)51)16-61-13-23-29(8-47)67-33(42(57)38(23)53)17-60-11-21-26(5-44)64-10-19(4-25(49)35(21)50)63-14-24-30(9-48)68-34(43(58)39(24)54)18-62-12-22-28(7-46)66-31(15-59-2)40(55)37(22)52/h19-58H,3-18H2,1-2H3/t19?,20-,21-,22-,23-,24-,25?,26?,27?,28?,29?,30?,31-,32-,33-,34-,35?,36?,37?,38?,39?,40?,41?,42?,43?/m1/s1. The van der Waals surface area contributed by atoms with Crippen LogP contribution in [-0.2, 0) is 47.4 Å². The molecule has 5 aliphatic heterocycles. The molecule has 5 fully saturated rings. The van der Waals surface area contributed by atoms with Gasteiger partial charge in [0.1, 0.15) is 48.8 Å². The van der Waals surface area contributed by atoms with E-state index in [9.17, 15) is 76.6 Å². The lowest BCUT2D eigenvalue weighted by Gasteiger charge is -2.44. The second-order valence-corrected chi connectivity index (χ2v) is 18.6. The van der Waals surface area contributed by atoms with Crippen molar-refractivity contribution < 1.29 is 124 Å². The van der Waals surface area contributed by atoms with E-state index < -0.39 is 178 Å². The van der Waals surface area contributed by atoms with Gasteiger partial charge in [0.15, 0.2) is 0 Å². The highest BCUT2D eigenvalue weighted by atomic mass is 16.6. The van der Waals surface area contributed by atoms with Crippen molar-refractivity contribution in [2.24, 2.45) is 29.6 Å². The summed E-state index contributed by atoms with van der Waals surface area (Å²) in [5, 5.41) is 159. The average molecular weight is 995 g/mol. The molecular weight excluding hydrogens is 916 g/mol. The van der Waals surface area contributed by atoms with E-state index in [1.807, 2.05) is 0 Å². The van der Waals surface area contributed by atoms with E-state index in [-0.39, 0.29) is 72.5 Å². The first kappa shape index (κ1) is 57.9. The number of hydrogen-bond donors (Lipinski definition) is 15. The van der Waals surface area contributed by atoms with Gasteiger partial charge in [-0.25, -0.2) is 0 Å². The maximum absolute atomic E-state index is 11.2. The van der Waals surface area contributed by atoms with Crippen LogP contribution < -0.4 is 0 Å². The van der Waals surface area contributed by atoms with Crippen molar-refractivity contribution in [3.8, 4) is 0 Å². The Kier molecular flexibility index (Phi) is 23.7. The van der Waals surface area contributed by atoms with Gasteiger partial charge in [-0.2, -0.15) is 0 Å². The predicted octanol–water partition coefficient (Wildman–Crippen LogP) is -8.01. The number of aliphatic hydroxyl groups is 15. The van der Waals surface area contributed by atoms with Crippen LogP contribution in [-0.4, -0.2) is 298 Å². The van der Waals surface area contributed by atoms with E-state index in [0.717, 1.165) is 0 Å². The Bertz CT molecular complexity index is 1400. The largest absolute Gasteiger partial charge is 0.394 e. The van der Waals surface area contributed by atoms with Crippen LogP contribution in [0.15, 0.2) is 0 Å². The summed E-state index contributed by atoms with van der Waals surface area (Å²) in [6.07, 6.45) is -23.8. The third kappa shape index (κ3) is 14.0. The summed E-state index contributed by atoms with van der Waals surface area (Å²) in [4.78, 5) is 0. The van der Waals surface area contributed by atoms with Gasteiger partial charge in [0, 0.05) is 43.1 Å². The van der Waals surface area contributed by atoms with Crippen molar-refractivity contribution in [3.05, 3.63) is 0 Å². The van der Waals surface area contributed by atoms with Crippen molar-refractivity contribution in [1.29, 1.82) is 0 Å². The zero-order valence-electron chi connectivity index (χ0n) is 38.5. The van der Waals surface area contributed by atoms with Gasteiger partial charge in [-0.3, -0.25) is 0 Å². The molecular formula is C43H78O25. The average Bonchev–Trinajstić information content (AvgIpc) is 3.33. The molecule has 15 N–H and O–H groups in total. The Morgan fingerprint density at radius 2 is 0.721 bits per heavy atom. The summed E-state index contributed by atoms with van der Waals surface area (Å²) in [5.41, 5.74) is 0. The Balaban J connectivity index is 1.07.